The van der Waals surface area contributed by atoms with Crippen molar-refractivity contribution >= 4 is 11.9 Å². The van der Waals surface area contributed by atoms with Crippen molar-refractivity contribution in [1.82, 2.24) is 15.1 Å². The second-order valence-electron chi connectivity index (χ2n) is 7.93. The van der Waals surface area contributed by atoms with Crippen LogP contribution in [0.1, 0.15) is 52.4 Å². The van der Waals surface area contributed by atoms with Crippen LogP contribution in [0, 0.1) is 11.3 Å². The fourth-order valence-electron chi connectivity index (χ4n) is 3.67. The van der Waals surface area contributed by atoms with Crippen molar-refractivity contribution in [2.45, 2.75) is 52.4 Å². The number of hydrogen-bond acceptors (Lipinski definition) is 2. The predicted molar refractivity (Wildman–Crippen MR) is 95.5 cm³/mol. The molecule has 2 aliphatic rings. The lowest BCUT2D eigenvalue weighted by Crippen LogP contribution is -2.43. The van der Waals surface area contributed by atoms with Crippen molar-refractivity contribution in [1.29, 1.82) is 0 Å². The van der Waals surface area contributed by atoms with Crippen molar-refractivity contribution in [2.75, 3.05) is 40.3 Å². The van der Waals surface area contributed by atoms with Crippen LogP contribution in [0.3, 0.4) is 0 Å². The molecule has 0 aromatic rings. The highest BCUT2D eigenvalue weighted by atomic mass is 16.2. The molecule has 1 aliphatic carbocycles. The molecule has 0 aromatic heterocycles. The highest BCUT2D eigenvalue weighted by Crippen LogP contribution is 2.43. The molecule has 1 N–H and O–H groups in total. The quantitative estimate of drug-likeness (QED) is 0.638. The minimum absolute atomic E-state index is 0.0559. The molecule has 1 amide bonds. The van der Waals surface area contributed by atoms with Gasteiger partial charge in [0.2, 0.25) is 5.91 Å². The number of likely N-dealkylation sites (N-methyl/N-ethyl adjacent to an activating group) is 1. The Bertz CT molecular complexity index is 425. The van der Waals surface area contributed by atoms with Gasteiger partial charge in [0.1, 0.15) is 6.54 Å². The first-order valence-corrected chi connectivity index (χ1v) is 9.15. The molecule has 132 valence electrons. The molecule has 1 aliphatic heterocycles. The average Bonchev–Trinajstić information content (AvgIpc) is 2.90. The number of guanidine groups is 1. The summed E-state index contributed by atoms with van der Waals surface area (Å²) in [6.07, 6.45) is 8.13. The van der Waals surface area contributed by atoms with Crippen LogP contribution in [-0.4, -0.2) is 61.9 Å². The van der Waals surface area contributed by atoms with Crippen molar-refractivity contribution in [2.24, 2.45) is 16.3 Å². The lowest BCUT2D eigenvalue weighted by atomic mass is 9.73. The topological polar surface area (TPSA) is 47.9 Å². The van der Waals surface area contributed by atoms with E-state index in [9.17, 15) is 4.79 Å². The van der Waals surface area contributed by atoms with Gasteiger partial charge in [-0.1, -0.05) is 33.1 Å². The molecule has 0 bridgehead atoms. The van der Waals surface area contributed by atoms with Gasteiger partial charge in [-0.25, -0.2) is 4.99 Å². The molecule has 1 spiro atoms. The van der Waals surface area contributed by atoms with Gasteiger partial charge in [-0.2, -0.15) is 0 Å². The summed E-state index contributed by atoms with van der Waals surface area (Å²) in [6, 6.07) is 0. The number of rotatable bonds is 4. The van der Waals surface area contributed by atoms with Crippen molar-refractivity contribution in [3.05, 3.63) is 0 Å². The van der Waals surface area contributed by atoms with E-state index in [0.29, 0.717) is 11.3 Å². The van der Waals surface area contributed by atoms with Crippen LogP contribution in [0.2, 0.25) is 0 Å². The van der Waals surface area contributed by atoms with Gasteiger partial charge >= 0.3 is 0 Å². The highest BCUT2D eigenvalue weighted by molar-refractivity contribution is 5.85. The van der Waals surface area contributed by atoms with Gasteiger partial charge in [0.15, 0.2) is 5.96 Å². The van der Waals surface area contributed by atoms with Crippen LogP contribution in [0.4, 0.5) is 0 Å². The Morgan fingerprint density at radius 3 is 2.52 bits per heavy atom. The number of aliphatic imine (C=N–C) groups is 1. The van der Waals surface area contributed by atoms with Gasteiger partial charge in [0.05, 0.1) is 0 Å². The van der Waals surface area contributed by atoms with E-state index >= 15 is 0 Å². The van der Waals surface area contributed by atoms with Gasteiger partial charge in [-0.05, 0) is 30.6 Å². The maximum atomic E-state index is 11.9. The molecule has 2 rings (SSSR count). The number of hydrogen-bond donors (Lipinski definition) is 1. The highest BCUT2D eigenvalue weighted by Gasteiger charge is 2.39. The van der Waals surface area contributed by atoms with Crippen LogP contribution < -0.4 is 5.32 Å². The number of nitrogens with one attached hydrogen (secondary N) is 1. The van der Waals surface area contributed by atoms with Crippen LogP contribution in [0.25, 0.3) is 0 Å². The molecule has 1 saturated carbocycles. The maximum Gasteiger partial charge on any atom is 0.243 e. The van der Waals surface area contributed by atoms with Crippen LogP contribution in [0.15, 0.2) is 4.99 Å². The van der Waals surface area contributed by atoms with Crippen molar-refractivity contribution in [3.63, 3.8) is 0 Å². The normalized spacial score (nSPS) is 21.1. The predicted octanol–water partition coefficient (Wildman–Crippen LogP) is 2.33. The van der Waals surface area contributed by atoms with Crippen LogP contribution in [-0.2, 0) is 4.79 Å². The largest absolute Gasteiger partial charge is 0.356 e. The summed E-state index contributed by atoms with van der Waals surface area (Å²) in [5.74, 6) is 1.55. The summed E-state index contributed by atoms with van der Waals surface area (Å²) in [4.78, 5) is 20.5. The van der Waals surface area contributed by atoms with E-state index in [1.165, 1.54) is 38.5 Å². The first-order valence-electron chi connectivity index (χ1n) is 9.15. The zero-order chi connectivity index (χ0) is 16.9. The van der Waals surface area contributed by atoms with Gasteiger partial charge in [-0.15, -0.1) is 0 Å². The monoisotopic (exact) mass is 322 g/mol. The summed E-state index contributed by atoms with van der Waals surface area (Å²) in [5.41, 5.74) is 0.504. The lowest BCUT2D eigenvalue weighted by molar-refractivity contribution is -0.127. The summed E-state index contributed by atoms with van der Waals surface area (Å²) >= 11 is 0. The molecule has 23 heavy (non-hydrogen) atoms. The third-order valence-electron chi connectivity index (χ3n) is 5.18. The molecule has 2 fully saturated rings. The van der Waals surface area contributed by atoms with Crippen molar-refractivity contribution in [3.8, 4) is 0 Å². The second-order valence-corrected chi connectivity index (χ2v) is 7.93. The van der Waals surface area contributed by atoms with E-state index in [2.05, 4.69) is 29.1 Å². The fourth-order valence-corrected chi connectivity index (χ4v) is 3.67. The number of carbonyl (C=O) groups excluding carboxylic acids is 1. The van der Waals surface area contributed by atoms with Gasteiger partial charge in [0, 0.05) is 33.7 Å². The van der Waals surface area contributed by atoms with E-state index in [0.717, 1.165) is 25.6 Å². The van der Waals surface area contributed by atoms with E-state index < -0.39 is 0 Å². The Morgan fingerprint density at radius 1 is 1.22 bits per heavy atom. The van der Waals surface area contributed by atoms with Gasteiger partial charge in [0.25, 0.3) is 0 Å². The third kappa shape index (κ3) is 5.11. The van der Waals surface area contributed by atoms with Gasteiger partial charge < -0.3 is 15.1 Å². The molecule has 0 atom stereocenters. The molecular weight excluding hydrogens is 288 g/mol. The second kappa shape index (κ2) is 8.02. The first-order chi connectivity index (χ1) is 10.9. The zero-order valence-electron chi connectivity index (χ0n) is 15.4. The Kier molecular flexibility index (Phi) is 6.31. The minimum Gasteiger partial charge on any atom is -0.356 e. The maximum absolute atomic E-state index is 11.9. The van der Waals surface area contributed by atoms with E-state index in [-0.39, 0.29) is 12.5 Å². The molecule has 1 saturated heterocycles. The molecule has 5 nitrogen and oxygen atoms in total. The molecule has 0 unspecified atom stereocenters. The fraction of sp³-hybridized carbons (Fsp3) is 0.889. The SMILES string of the molecule is CC(C)CNC(=NCC(=O)N(C)C)N1CCC2(CCCCC2)C1. The van der Waals surface area contributed by atoms with E-state index in [1.54, 1.807) is 19.0 Å². The molecule has 0 radical (unpaired) electrons. The van der Waals surface area contributed by atoms with Crippen molar-refractivity contribution < 1.29 is 4.79 Å². The smallest absolute Gasteiger partial charge is 0.243 e. The van der Waals surface area contributed by atoms with E-state index in [1.807, 2.05) is 0 Å². The average molecular weight is 322 g/mol. The number of amides is 1. The Hall–Kier alpha value is -1.26. The van der Waals surface area contributed by atoms with Gasteiger partial charge in [-0.3, -0.25) is 4.79 Å². The Morgan fingerprint density at radius 2 is 1.91 bits per heavy atom. The standard InChI is InChI=1S/C18H34N4O/c1-15(2)12-19-17(20-13-16(23)21(3)4)22-11-10-18(14-22)8-6-5-7-9-18/h15H,5-14H2,1-4H3,(H,19,20). The number of carbonyl (C=O) groups is 1. The third-order valence-corrected chi connectivity index (χ3v) is 5.18. The molecular formula is C18H34N4O. The van der Waals surface area contributed by atoms with Crippen LogP contribution in [0.5, 0.6) is 0 Å². The van der Waals surface area contributed by atoms with Crippen LogP contribution >= 0.6 is 0 Å². The zero-order valence-corrected chi connectivity index (χ0v) is 15.4. The molecule has 5 heteroatoms. The number of likely N-dealkylation sites (tertiary alicyclic amines) is 1. The summed E-state index contributed by atoms with van der Waals surface area (Å²) < 4.78 is 0. The molecule has 1 heterocycles. The number of nitrogens with zero attached hydrogens (tertiary/aromatic N) is 3. The lowest BCUT2D eigenvalue weighted by Gasteiger charge is -2.33. The molecule has 0 aromatic carbocycles. The Balaban J connectivity index is 2.01. The summed E-state index contributed by atoms with van der Waals surface area (Å²) in [7, 11) is 3.57. The minimum atomic E-state index is 0.0559. The first kappa shape index (κ1) is 18.1. The summed E-state index contributed by atoms with van der Waals surface area (Å²) in [5, 5.41) is 3.48. The summed E-state index contributed by atoms with van der Waals surface area (Å²) in [6.45, 7) is 7.70. The van der Waals surface area contributed by atoms with E-state index in [4.69, 9.17) is 0 Å². The Labute approximate surface area is 141 Å².